The van der Waals surface area contributed by atoms with E-state index in [1.807, 2.05) is 60.7 Å². The summed E-state index contributed by atoms with van der Waals surface area (Å²) in [5.41, 5.74) is 2.31. The fraction of sp³-hybridized carbons (Fsp3) is 0.158. The van der Waals surface area contributed by atoms with E-state index in [1.165, 1.54) is 0 Å². The molecule has 122 valence electrons. The molecular weight excluding hydrogens is 302 g/mol. The predicted octanol–water partition coefficient (Wildman–Crippen LogP) is 2.48. The van der Waals surface area contributed by atoms with E-state index in [0.717, 1.165) is 11.1 Å². The number of aromatic nitrogens is 2. The van der Waals surface area contributed by atoms with E-state index in [2.05, 4.69) is 5.10 Å². The maximum Gasteiger partial charge on any atom is 0.274 e. The van der Waals surface area contributed by atoms with Gasteiger partial charge in [-0.1, -0.05) is 48.6 Å². The number of fused-ring (bicyclic) bond motifs is 1. The summed E-state index contributed by atoms with van der Waals surface area (Å²) in [5, 5.41) is 13.5. The number of carbonyl (C=O) groups excluding carboxylic acids is 1. The average molecular weight is 321 g/mol. The number of pyridine rings is 1. The average Bonchev–Trinajstić information content (AvgIpc) is 3.05. The molecule has 1 amide bonds. The molecule has 0 aliphatic carbocycles. The van der Waals surface area contributed by atoms with E-state index in [0.29, 0.717) is 12.2 Å². The van der Waals surface area contributed by atoms with Gasteiger partial charge in [-0.2, -0.15) is 5.10 Å². The molecule has 0 saturated carbocycles. The van der Waals surface area contributed by atoms with Crippen LogP contribution in [-0.2, 0) is 0 Å². The zero-order valence-corrected chi connectivity index (χ0v) is 13.2. The Hall–Kier alpha value is -2.92. The molecule has 0 spiro atoms. The van der Waals surface area contributed by atoms with Crippen LogP contribution in [0, 0.1) is 0 Å². The van der Waals surface area contributed by atoms with Crippen molar-refractivity contribution in [1.29, 1.82) is 0 Å². The van der Waals surface area contributed by atoms with Gasteiger partial charge in [0, 0.05) is 19.3 Å². The molecule has 2 heterocycles. The van der Waals surface area contributed by atoms with Gasteiger partial charge in [0.2, 0.25) is 0 Å². The minimum absolute atomic E-state index is 0.0850. The van der Waals surface area contributed by atoms with E-state index < -0.39 is 0 Å². The Balaban J connectivity index is 1.74. The van der Waals surface area contributed by atoms with Crippen LogP contribution < -0.4 is 0 Å². The number of carbonyl (C=O) groups is 1. The Morgan fingerprint density at radius 2 is 1.96 bits per heavy atom. The fourth-order valence-corrected chi connectivity index (χ4v) is 2.48. The highest BCUT2D eigenvalue weighted by Gasteiger charge is 2.17. The van der Waals surface area contributed by atoms with Crippen molar-refractivity contribution in [3.05, 3.63) is 78.1 Å². The first-order valence-electron chi connectivity index (χ1n) is 7.84. The van der Waals surface area contributed by atoms with Gasteiger partial charge >= 0.3 is 0 Å². The minimum Gasteiger partial charge on any atom is -0.395 e. The molecule has 2 aromatic heterocycles. The number of aliphatic hydroxyl groups excluding tert-OH is 1. The third-order valence-electron chi connectivity index (χ3n) is 3.68. The molecule has 3 rings (SSSR count). The zero-order chi connectivity index (χ0) is 16.8. The highest BCUT2D eigenvalue weighted by atomic mass is 16.3. The first-order valence-corrected chi connectivity index (χ1v) is 7.84. The maximum atomic E-state index is 12.7. The van der Waals surface area contributed by atoms with Crippen LogP contribution in [-0.4, -0.2) is 45.2 Å². The van der Waals surface area contributed by atoms with Gasteiger partial charge in [0.05, 0.1) is 12.1 Å². The lowest BCUT2D eigenvalue weighted by Gasteiger charge is -2.18. The second-order valence-electron chi connectivity index (χ2n) is 5.39. The lowest BCUT2D eigenvalue weighted by molar-refractivity contribution is 0.0737. The Morgan fingerprint density at radius 3 is 2.71 bits per heavy atom. The lowest BCUT2D eigenvalue weighted by Crippen LogP contribution is -2.34. The second kappa shape index (κ2) is 7.57. The summed E-state index contributed by atoms with van der Waals surface area (Å²) in [6.45, 7) is 0.603. The molecule has 0 aliphatic heterocycles. The summed E-state index contributed by atoms with van der Waals surface area (Å²) in [5.74, 6) is -0.189. The van der Waals surface area contributed by atoms with E-state index in [-0.39, 0.29) is 19.1 Å². The number of hydrogen-bond donors (Lipinski definition) is 1. The van der Waals surface area contributed by atoms with Crippen LogP contribution in [0.25, 0.3) is 11.6 Å². The van der Waals surface area contributed by atoms with Crippen LogP contribution in [0.4, 0.5) is 0 Å². The molecule has 0 bridgehead atoms. The monoisotopic (exact) mass is 321 g/mol. The summed E-state index contributed by atoms with van der Waals surface area (Å²) in [6, 6.07) is 17.3. The van der Waals surface area contributed by atoms with Crippen molar-refractivity contribution < 1.29 is 9.90 Å². The number of hydrogen-bond acceptors (Lipinski definition) is 3. The van der Waals surface area contributed by atoms with Gasteiger partial charge in [-0.05, 0) is 23.8 Å². The lowest BCUT2D eigenvalue weighted by atomic mass is 10.2. The number of rotatable bonds is 6. The Labute approximate surface area is 140 Å². The number of nitrogens with zero attached hydrogens (tertiary/aromatic N) is 3. The molecular formula is C19H19N3O2. The van der Waals surface area contributed by atoms with Gasteiger partial charge in [-0.15, -0.1) is 0 Å². The van der Waals surface area contributed by atoms with Gasteiger partial charge in [-0.25, -0.2) is 4.52 Å². The normalized spacial score (nSPS) is 11.2. The van der Waals surface area contributed by atoms with Crippen LogP contribution >= 0.6 is 0 Å². The first-order chi connectivity index (χ1) is 11.8. The van der Waals surface area contributed by atoms with Crippen molar-refractivity contribution in [1.82, 2.24) is 14.5 Å². The van der Waals surface area contributed by atoms with Gasteiger partial charge in [0.15, 0.2) is 5.69 Å². The summed E-state index contributed by atoms with van der Waals surface area (Å²) in [4.78, 5) is 14.2. The number of amides is 1. The Bertz CT molecular complexity index is 807. The number of benzene rings is 1. The van der Waals surface area contributed by atoms with Gasteiger partial charge < -0.3 is 10.0 Å². The van der Waals surface area contributed by atoms with Crippen molar-refractivity contribution >= 4 is 17.5 Å². The van der Waals surface area contributed by atoms with Crippen LogP contribution in [0.3, 0.4) is 0 Å². The van der Waals surface area contributed by atoms with Crippen molar-refractivity contribution in [3.63, 3.8) is 0 Å². The molecule has 0 atom stereocenters. The molecule has 1 N–H and O–H groups in total. The molecule has 0 aliphatic rings. The molecule has 0 saturated heterocycles. The predicted molar refractivity (Wildman–Crippen MR) is 93.7 cm³/mol. The number of aliphatic hydroxyl groups is 1. The third kappa shape index (κ3) is 3.70. The molecule has 5 heteroatoms. The summed E-state index contributed by atoms with van der Waals surface area (Å²) in [7, 11) is 0. The third-order valence-corrected chi connectivity index (χ3v) is 3.68. The summed E-state index contributed by atoms with van der Waals surface area (Å²) >= 11 is 0. The van der Waals surface area contributed by atoms with Crippen LogP contribution in [0.15, 0.2) is 66.9 Å². The molecule has 0 radical (unpaired) electrons. The second-order valence-corrected chi connectivity index (χ2v) is 5.39. The van der Waals surface area contributed by atoms with Crippen molar-refractivity contribution in [3.8, 4) is 0 Å². The van der Waals surface area contributed by atoms with Crippen molar-refractivity contribution in [2.45, 2.75) is 0 Å². The van der Waals surface area contributed by atoms with Crippen LogP contribution in [0.2, 0.25) is 0 Å². The first kappa shape index (κ1) is 16.0. The summed E-state index contributed by atoms with van der Waals surface area (Å²) < 4.78 is 1.67. The minimum atomic E-state index is -0.189. The van der Waals surface area contributed by atoms with E-state index >= 15 is 0 Å². The molecule has 1 aromatic carbocycles. The summed E-state index contributed by atoms with van der Waals surface area (Å²) in [6.07, 6.45) is 5.68. The van der Waals surface area contributed by atoms with E-state index in [4.69, 9.17) is 0 Å². The molecule has 0 unspecified atom stereocenters. The smallest absolute Gasteiger partial charge is 0.274 e. The standard InChI is InChI=1S/C19H19N3O2/c23-14-13-21(11-6-9-16-7-2-1-3-8-16)19(24)18-15-17-10-4-5-12-22(17)20-18/h1-10,12,15,23H,11,13-14H2. The highest BCUT2D eigenvalue weighted by Crippen LogP contribution is 2.09. The highest BCUT2D eigenvalue weighted by molar-refractivity contribution is 5.93. The SMILES string of the molecule is O=C(c1cc2ccccn2n1)N(CC=Cc1ccccc1)CCO. The molecule has 24 heavy (non-hydrogen) atoms. The topological polar surface area (TPSA) is 57.8 Å². The van der Waals surface area contributed by atoms with Crippen LogP contribution in [0.5, 0.6) is 0 Å². The quantitative estimate of drug-likeness (QED) is 0.759. The molecule has 5 nitrogen and oxygen atoms in total. The van der Waals surface area contributed by atoms with Gasteiger partial charge in [0.1, 0.15) is 0 Å². The van der Waals surface area contributed by atoms with Gasteiger partial charge in [0.25, 0.3) is 5.91 Å². The van der Waals surface area contributed by atoms with E-state index in [9.17, 15) is 9.90 Å². The molecule has 3 aromatic rings. The van der Waals surface area contributed by atoms with Gasteiger partial charge in [-0.3, -0.25) is 4.79 Å². The fourth-order valence-electron chi connectivity index (χ4n) is 2.48. The largest absolute Gasteiger partial charge is 0.395 e. The Morgan fingerprint density at radius 1 is 1.17 bits per heavy atom. The van der Waals surface area contributed by atoms with E-state index in [1.54, 1.807) is 21.7 Å². The van der Waals surface area contributed by atoms with Crippen molar-refractivity contribution in [2.24, 2.45) is 0 Å². The Kier molecular flexibility index (Phi) is 5.03. The zero-order valence-electron chi connectivity index (χ0n) is 13.2. The molecule has 0 fully saturated rings. The van der Waals surface area contributed by atoms with Crippen LogP contribution in [0.1, 0.15) is 16.1 Å². The van der Waals surface area contributed by atoms with Crippen molar-refractivity contribution in [2.75, 3.05) is 19.7 Å². The maximum absolute atomic E-state index is 12.7.